The van der Waals surface area contributed by atoms with Crippen LogP contribution in [-0.2, 0) is 0 Å². The Labute approximate surface area is 151 Å². The molecule has 0 aliphatic heterocycles. The minimum Gasteiger partial charge on any atom is -0.494 e. The number of nitrogens with zero attached hydrogens (tertiary/aromatic N) is 4. The van der Waals surface area contributed by atoms with Gasteiger partial charge in [0.1, 0.15) is 0 Å². The molecule has 2 N–H and O–H groups in total. The minimum absolute atomic E-state index is 0.0232. The molecule has 0 unspecified atom stereocenters. The van der Waals surface area contributed by atoms with Crippen molar-refractivity contribution < 1.29 is 9.13 Å². The highest BCUT2D eigenvalue weighted by molar-refractivity contribution is 6.28. The van der Waals surface area contributed by atoms with Gasteiger partial charge in [-0.05, 0) is 36.6 Å². The Kier molecular flexibility index (Phi) is 5.53. The summed E-state index contributed by atoms with van der Waals surface area (Å²) < 4.78 is 19.3. The molecule has 2 aromatic rings. The molecule has 1 fully saturated rings. The van der Waals surface area contributed by atoms with Crippen molar-refractivity contribution in [2.24, 2.45) is 0 Å². The summed E-state index contributed by atoms with van der Waals surface area (Å²) in [6.45, 7) is 0. The van der Waals surface area contributed by atoms with Gasteiger partial charge in [0.2, 0.25) is 17.2 Å². The number of rotatable bonds is 4. The van der Waals surface area contributed by atoms with Gasteiger partial charge in [0.25, 0.3) is 0 Å². The topological polar surface area (TPSA) is 77.2 Å². The van der Waals surface area contributed by atoms with Gasteiger partial charge in [-0.3, -0.25) is 0 Å². The molecule has 1 heterocycles. The zero-order valence-electron chi connectivity index (χ0n) is 14.1. The number of benzene rings is 1. The lowest BCUT2D eigenvalue weighted by atomic mass is 10.1. The summed E-state index contributed by atoms with van der Waals surface area (Å²) in [6.07, 6.45) is 6.54. The second-order valence-electron chi connectivity index (χ2n) is 6.10. The lowest BCUT2D eigenvalue weighted by Gasteiger charge is -2.31. The Bertz CT molecular complexity index is 717. The standard InChI is InChI=1S/C17H21ClFN5O/c1-25-14-9-8-12(10-13(14)19)24(11-6-4-2-3-5-7-11)17-22-15(18)21-16(20)23-17/h8-11H,2-7H2,1H3,(H2,20,21,22,23). The van der Waals surface area contributed by atoms with Crippen LogP contribution in [0.25, 0.3) is 0 Å². The van der Waals surface area contributed by atoms with Crippen molar-refractivity contribution in [2.45, 2.75) is 44.6 Å². The van der Waals surface area contributed by atoms with Crippen molar-refractivity contribution in [3.8, 4) is 5.75 Å². The summed E-state index contributed by atoms with van der Waals surface area (Å²) in [5.41, 5.74) is 6.39. The summed E-state index contributed by atoms with van der Waals surface area (Å²) in [5.74, 6) is 0.140. The highest BCUT2D eigenvalue weighted by Crippen LogP contribution is 2.34. The van der Waals surface area contributed by atoms with Gasteiger partial charge < -0.3 is 15.4 Å². The maximum atomic E-state index is 14.3. The fraction of sp³-hybridized carbons (Fsp3) is 0.471. The molecule has 1 aliphatic rings. The smallest absolute Gasteiger partial charge is 0.236 e. The number of methoxy groups -OCH3 is 1. The normalized spacial score (nSPS) is 15.6. The highest BCUT2D eigenvalue weighted by Gasteiger charge is 2.26. The Morgan fingerprint density at radius 3 is 2.48 bits per heavy atom. The first-order chi connectivity index (χ1) is 12.1. The van der Waals surface area contributed by atoms with E-state index in [1.165, 1.54) is 26.0 Å². The van der Waals surface area contributed by atoms with Gasteiger partial charge in [0, 0.05) is 17.8 Å². The maximum Gasteiger partial charge on any atom is 0.236 e. The van der Waals surface area contributed by atoms with Crippen molar-refractivity contribution in [2.75, 3.05) is 17.7 Å². The zero-order valence-corrected chi connectivity index (χ0v) is 14.8. The van der Waals surface area contributed by atoms with E-state index in [-0.39, 0.29) is 23.0 Å². The third kappa shape index (κ3) is 4.10. The summed E-state index contributed by atoms with van der Waals surface area (Å²) in [4.78, 5) is 14.2. The molecule has 25 heavy (non-hydrogen) atoms. The summed E-state index contributed by atoms with van der Waals surface area (Å²) >= 11 is 5.97. The van der Waals surface area contributed by atoms with E-state index in [0.717, 1.165) is 25.7 Å². The van der Waals surface area contributed by atoms with Crippen LogP contribution in [-0.4, -0.2) is 28.1 Å². The van der Waals surface area contributed by atoms with Crippen molar-refractivity contribution in [3.63, 3.8) is 0 Å². The molecule has 8 heteroatoms. The van der Waals surface area contributed by atoms with E-state index in [1.807, 2.05) is 4.90 Å². The Morgan fingerprint density at radius 1 is 1.16 bits per heavy atom. The van der Waals surface area contributed by atoms with Crippen LogP contribution in [0.2, 0.25) is 5.28 Å². The van der Waals surface area contributed by atoms with Crippen LogP contribution in [0.1, 0.15) is 38.5 Å². The van der Waals surface area contributed by atoms with Gasteiger partial charge in [-0.25, -0.2) is 4.39 Å². The first-order valence-electron chi connectivity index (χ1n) is 8.38. The Hall–Kier alpha value is -2.15. The quantitative estimate of drug-likeness (QED) is 0.821. The number of hydrogen-bond acceptors (Lipinski definition) is 6. The van der Waals surface area contributed by atoms with E-state index in [0.29, 0.717) is 11.6 Å². The van der Waals surface area contributed by atoms with Crippen LogP contribution in [0, 0.1) is 5.82 Å². The van der Waals surface area contributed by atoms with Crippen molar-refractivity contribution in [3.05, 3.63) is 29.3 Å². The van der Waals surface area contributed by atoms with Crippen LogP contribution in [0.3, 0.4) is 0 Å². The molecular weight excluding hydrogens is 345 g/mol. The van der Waals surface area contributed by atoms with Crippen LogP contribution in [0.15, 0.2) is 18.2 Å². The number of halogens is 2. The zero-order chi connectivity index (χ0) is 17.8. The highest BCUT2D eigenvalue weighted by atomic mass is 35.5. The molecule has 1 aliphatic carbocycles. The van der Waals surface area contributed by atoms with Crippen LogP contribution >= 0.6 is 11.6 Å². The minimum atomic E-state index is -0.438. The average molecular weight is 366 g/mol. The van der Waals surface area contributed by atoms with Gasteiger partial charge in [-0.2, -0.15) is 15.0 Å². The first-order valence-corrected chi connectivity index (χ1v) is 8.76. The molecular formula is C17H21ClFN5O. The van der Waals surface area contributed by atoms with E-state index in [2.05, 4.69) is 15.0 Å². The van der Waals surface area contributed by atoms with E-state index in [4.69, 9.17) is 22.1 Å². The van der Waals surface area contributed by atoms with Gasteiger partial charge in [0.05, 0.1) is 7.11 Å². The SMILES string of the molecule is COc1ccc(N(c2nc(N)nc(Cl)n2)C2CCCCCC2)cc1F. The van der Waals surface area contributed by atoms with Gasteiger partial charge in [-0.1, -0.05) is 25.7 Å². The predicted octanol–water partition coefficient (Wildman–Crippen LogP) is 4.12. The number of hydrogen-bond donors (Lipinski definition) is 1. The third-order valence-electron chi connectivity index (χ3n) is 4.43. The molecule has 0 atom stereocenters. The number of aromatic nitrogens is 3. The summed E-state index contributed by atoms with van der Waals surface area (Å²) in [7, 11) is 1.44. The second-order valence-corrected chi connectivity index (χ2v) is 6.43. The molecule has 6 nitrogen and oxygen atoms in total. The molecule has 134 valence electrons. The van der Waals surface area contributed by atoms with Crippen LogP contribution in [0.4, 0.5) is 22.0 Å². The number of ether oxygens (including phenoxy) is 1. The van der Waals surface area contributed by atoms with Crippen molar-refractivity contribution in [1.82, 2.24) is 15.0 Å². The third-order valence-corrected chi connectivity index (χ3v) is 4.60. The monoisotopic (exact) mass is 365 g/mol. The second kappa shape index (κ2) is 7.82. The molecule has 0 spiro atoms. The fourth-order valence-corrected chi connectivity index (χ4v) is 3.44. The van der Waals surface area contributed by atoms with Gasteiger partial charge >= 0.3 is 0 Å². The Morgan fingerprint density at radius 2 is 1.88 bits per heavy atom. The summed E-state index contributed by atoms with van der Waals surface area (Å²) in [5, 5.41) is 0.0232. The maximum absolute atomic E-state index is 14.3. The molecule has 0 saturated heterocycles. The van der Waals surface area contributed by atoms with Crippen molar-refractivity contribution >= 4 is 29.2 Å². The van der Waals surface area contributed by atoms with Crippen LogP contribution in [0.5, 0.6) is 5.75 Å². The lowest BCUT2D eigenvalue weighted by molar-refractivity contribution is 0.386. The van der Waals surface area contributed by atoms with Crippen molar-refractivity contribution in [1.29, 1.82) is 0 Å². The van der Waals surface area contributed by atoms with Gasteiger partial charge in [0.15, 0.2) is 11.6 Å². The van der Waals surface area contributed by atoms with E-state index >= 15 is 0 Å². The number of nitrogens with two attached hydrogens (primary N) is 1. The molecule has 3 rings (SSSR count). The molecule has 1 aromatic carbocycles. The molecule has 0 bridgehead atoms. The molecule has 1 saturated carbocycles. The molecule has 1 aromatic heterocycles. The van der Waals surface area contributed by atoms with E-state index in [1.54, 1.807) is 12.1 Å². The van der Waals surface area contributed by atoms with Gasteiger partial charge in [-0.15, -0.1) is 0 Å². The molecule has 0 radical (unpaired) electrons. The fourth-order valence-electron chi connectivity index (χ4n) is 3.27. The Balaban J connectivity index is 2.05. The predicted molar refractivity (Wildman–Crippen MR) is 95.8 cm³/mol. The number of nitrogen functional groups attached to an aromatic ring is 1. The van der Waals surface area contributed by atoms with E-state index in [9.17, 15) is 4.39 Å². The van der Waals surface area contributed by atoms with Crippen LogP contribution < -0.4 is 15.4 Å². The number of anilines is 3. The summed E-state index contributed by atoms with van der Waals surface area (Å²) in [6, 6.07) is 4.96. The lowest BCUT2D eigenvalue weighted by Crippen LogP contribution is -2.32. The average Bonchev–Trinajstić information content (AvgIpc) is 2.84. The first kappa shape index (κ1) is 17.7. The van der Waals surface area contributed by atoms with E-state index < -0.39 is 5.82 Å². The molecule has 0 amide bonds. The largest absolute Gasteiger partial charge is 0.494 e.